The third kappa shape index (κ3) is 3.70. The van der Waals surface area contributed by atoms with Crippen LogP contribution in [0.1, 0.15) is 11.1 Å². The second-order valence-electron chi connectivity index (χ2n) is 4.13. The molecule has 2 aromatic rings. The number of hydrogen-bond acceptors (Lipinski definition) is 2. The number of benzene rings is 2. The number of alkyl halides is 3. The topological polar surface area (TPSA) is 9.23 Å². The highest BCUT2D eigenvalue weighted by molar-refractivity contribution is 7.98. The molecule has 0 spiro atoms. The van der Waals surface area contributed by atoms with Gasteiger partial charge in [0.05, 0.1) is 12.7 Å². The molecule has 0 aromatic heterocycles. The molecule has 2 aromatic carbocycles. The lowest BCUT2D eigenvalue weighted by molar-refractivity contribution is -0.137. The monoisotopic (exact) mass is 298 g/mol. The normalized spacial score (nSPS) is 11.4. The maximum atomic E-state index is 12.4. The molecule has 0 fully saturated rings. The second-order valence-corrected chi connectivity index (χ2v) is 5.15. The van der Waals surface area contributed by atoms with Crippen LogP contribution in [-0.4, -0.2) is 7.11 Å². The van der Waals surface area contributed by atoms with E-state index in [4.69, 9.17) is 4.74 Å². The Morgan fingerprint density at radius 3 is 2.25 bits per heavy atom. The van der Waals surface area contributed by atoms with Gasteiger partial charge in [0.15, 0.2) is 0 Å². The smallest absolute Gasteiger partial charge is 0.416 e. The average Bonchev–Trinajstić information content (AvgIpc) is 2.45. The summed E-state index contributed by atoms with van der Waals surface area (Å²) in [6, 6.07) is 12.8. The van der Waals surface area contributed by atoms with E-state index in [-0.39, 0.29) is 0 Å². The number of hydrogen-bond donors (Lipinski definition) is 0. The molecule has 2 rings (SSSR count). The molecule has 0 heterocycles. The zero-order valence-corrected chi connectivity index (χ0v) is 11.6. The van der Waals surface area contributed by atoms with Crippen molar-refractivity contribution in [3.05, 3.63) is 59.7 Å². The van der Waals surface area contributed by atoms with Gasteiger partial charge in [0.1, 0.15) is 5.75 Å². The Morgan fingerprint density at radius 1 is 1.00 bits per heavy atom. The summed E-state index contributed by atoms with van der Waals surface area (Å²) in [4.78, 5) is 0.967. The van der Waals surface area contributed by atoms with Crippen LogP contribution in [0.5, 0.6) is 5.75 Å². The molecule has 0 aliphatic carbocycles. The van der Waals surface area contributed by atoms with Crippen molar-refractivity contribution in [1.82, 2.24) is 0 Å². The van der Waals surface area contributed by atoms with E-state index in [1.807, 2.05) is 24.3 Å². The molecule has 0 unspecified atom stereocenters. The zero-order valence-electron chi connectivity index (χ0n) is 10.8. The van der Waals surface area contributed by atoms with Crippen LogP contribution in [0.4, 0.5) is 13.2 Å². The van der Waals surface area contributed by atoms with E-state index >= 15 is 0 Å². The van der Waals surface area contributed by atoms with Crippen molar-refractivity contribution in [3.63, 3.8) is 0 Å². The summed E-state index contributed by atoms with van der Waals surface area (Å²) < 4.78 is 42.6. The lowest BCUT2D eigenvalue weighted by Gasteiger charge is -2.09. The van der Waals surface area contributed by atoms with E-state index in [2.05, 4.69) is 0 Å². The summed E-state index contributed by atoms with van der Waals surface area (Å²) in [5.41, 5.74) is 0.220. The molecule has 0 aliphatic heterocycles. The maximum absolute atomic E-state index is 12.4. The molecule has 0 saturated carbocycles. The van der Waals surface area contributed by atoms with Gasteiger partial charge in [-0.25, -0.2) is 0 Å². The lowest BCUT2D eigenvalue weighted by Crippen LogP contribution is -2.04. The van der Waals surface area contributed by atoms with Crippen LogP contribution in [0, 0.1) is 0 Å². The van der Waals surface area contributed by atoms with Crippen molar-refractivity contribution in [2.45, 2.75) is 16.8 Å². The molecule has 0 N–H and O–H groups in total. The Bertz CT molecular complexity index is 564. The third-order valence-corrected chi connectivity index (χ3v) is 3.87. The van der Waals surface area contributed by atoms with Crippen LogP contribution >= 0.6 is 11.8 Å². The van der Waals surface area contributed by atoms with Crippen molar-refractivity contribution in [2.75, 3.05) is 7.11 Å². The molecule has 1 nitrogen and oxygen atoms in total. The number of methoxy groups -OCH3 is 1. The van der Waals surface area contributed by atoms with E-state index in [0.29, 0.717) is 5.75 Å². The first-order valence-electron chi connectivity index (χ1n) is 5.92. The first-order chi connectivity index (χ1) is 9.50. The Morgan fingerprint density at radius 2 is 1.65 bits per heavy atom. The number of rotatable bonds is 4. The molecule has 0 aliphatic rings. The highest BCUT2D eigenvalue weighted by Crippen LogP contribution is 2.33. The lowest BCUT2D eigenvalue weighted by atomic mass is 10.1. The van der Waals surface area contributed by atoms with Gasteiger partial charge in [0, 0.05) is 10.6 Å². The third-order valence-electron chi connectivity index (χ3n) is 2.74. The molecule has 0 atom stereocenters. The Labute approximate surface area is 119 Å². The molecule has 5 heteroatoms. The van der Waals surface area contributed by atoms with Crippen LogP contribution in [0.25, 0.3) is 0 Å². The van der Waals surface area contributed by atoms with Gasteiger partial charge in [-0.15, -0.1) is 11.8 Å². The summed E-state index contributed by atoms with van der Waals surface area (Å²) >= 11 is 1.53. The SMILES string of the molecule is COc1ccccc1SCc1ccc(C(F)(F)F)cc1. The molecular formula is C15H13F3OS. The predicted molar refractivity (Wildman–Crippen MR) is 74.0 cm³/mol. The van der Waals surface area contributed by atoms with Crippen LogP contribution < -0.4 is 4.74 Å². The first kappa shape index (κ1) is 14.8. The summed E-state index contributed by atoms with van der Waals surface area (Å²) in [5, 5.41) is 0. The van der Waals surface area contributed by atoms with Gasteiger partial charge < -0.3 is 4.74 Å². The molecule has 0 saturated heterocycles. The van der Waals surface area contributed by atoms with Gasteiger partial charge in [-0.1, -0.05) is 24.3 Å². The standard InChI is InChI=1S/C15H13F3OS/c1-19-13-4-2-3-5-14(13)20-10-11-6-8-12(9-7-11)15(16,17)18/h2-9H,10H2,1H3. The van der Waals surface area contributed by atoms with Crippen molar-refractivity contribution in [3.8, 4) is 5.75 Å². The highest BCUT2D eigenvalue weighted by Gasteiger charge is 2.29. The van der Waals surface area contributed by atoms with E-state index in [9.17, 15) is 13.2 Å². The molecule has 0 bridgehead atoms. The van der Waals surface area contributed by atoms with Gasteiger partial charge in [0.2, 0.25) is 0 Å². The van der Waals surface area contributed by atoms with Gasteiger partial charge in [-0.2, -0.15) is 13.2 Å². The second kappa shape index (κ2) is 6.22. The van der Waals surface area contributed by atoms with Crippen molar-refractivity contribution in [1.29, 1.82) is 0 Å². The summed E-state index contributed by atoms with van der Waals surface area (Å²) in [5.74, 6) is 1.36. The van der Waals surface area contributed by atoms with E-state index in [1.165, 1.54) is 23.9 Å². The molecular weight excluding hydrogens is 285 g/mol. The van der Waals surface area contributed by atoms with Gasteiger partial charge >= 0.3 is 6.18 Å². The largest absolute Gasteiger partial charge is 0.496 e. The first-order valence-corrected chi connectivity index (χ1v) is 6.91. The zero-order chi connectivity index (χ0) is 14.6. The van der Waals surface area contributed by atoms with Crippen molar-refractivity contribution < 1.29 is 17.9 Å². The van der Waals surface area contributed by atoms with Crippen molar-refractivity contribution in [2.24, 2.45) is 0 Å². The quantitative estimate of drug-likeness (QED) is 0.734. The van der Waals surface area contributed by atoms with E-state index in [0.717, 1.165) is 28.3 Å². The minimum atomic E-state index is -4.28. The Hall–Kier alpha value is -1.62. The molecule has 20 heavy (non-hydrogen) atoms. The maximum Gasteiger partial charge on any atom is 0.416 e. The summed E-state index contributed by atoms with van der Waals surface area (Å²) in [6.07, 6.45) is -4.28. The fourth-order valence-corrected chi connectivity index (χ4v) is 2.67. The number of thioether (sulfide) groups is 1. The van der Waals surface area contributed by atoms with Crippen molar-refractivity contribution >= 4 is 11.8 Å². The van der Waals surface area contributed by atoms with Crippen LogP contribution in [0.3, 0.4) is 0 Å². The molecule has 0 radical (unpaired) electrons. The Kier molecular flexibility index (Phi) is 4.60. The minimum absolute atomic E-state index is 0.596. The fourth-order valence-electron chi connectivity index (χ4n) is 1.69. The average molecular weight is 298 g/mol. The summed E-state index contributed by atoms with van der Waals surface area (Å²) in [7, 11) is 1.59. The van der Waals surface area contributed by atoms with Gasteiger partial charge in [-0.3, -0.25) is 0 Å². The van der Waals surface area contributed by atoms with Crippen LogP contribution in [0.15, 0.2) is 53.4 Å². The molecule has 0 amide bonds. The van der Waals surface area contributed by atoms with E-state index in [1.54, 1.807) is 7.11 Å². The number of halogens is 3. The van der Waals surface area contributed by atoms with E-state index < -0.39 is 11.7 Å². The summed E-state index contributed by atoms with van der Waals surface area (Å²) in [6.45, 7) is 0. The van der Waals surface area contributed by atoms with Gasteiger partial charge in [0.25, 0.3) is 0 Å². The minimum Gasteiger partial charge on any atom is -0.496 e. The van der Waals surface area contributed by atoms with Crippen LogP contribution in [-0.2, 0) is 11.9 Å². The Balaban J connectivity index is 2.04. The van der Waals surface area contributed by atoms with Crippen LogP contribution in [0.2, 0.25) is 0 Å². The number of ether oxygens (including phenoxy) is 1. The van der Waals surface area contributed by atoms with Gasteiger partial charge in [-0.05, 0) is 29.8 Å². The molecule has 106 valence electrons. The highest BCUT2D eigenvalue weighted by atomic mass is 32.2. The predicted octanol–water partition coefficient (Wildman–Crippen LogP) is 5.01. The number of para-hydroxylation sites is 1. The fraction of sp³-hybridized carbons (Fsp3) is 0.200.